The van der Waals surface area contributed by atoms with Crippen LogP contribution in [0.5, 0.6) is 0 Å². The van der Waals surface area contributed by atoms with Gasteiger partial charge in [0.05, 0.1) is 13.0 Å². The summed E-state index contributed by atoms with van der Waals surface area (Å²) >= 11 is 0. The van der Waals surface area contributed by atoms with E-state index >= 15 is 0 Å². The van der Waals surface area contributed by atoms with Crippen LogP contribution in [0, 0.1) is 0 Å². The van der Waals surface area contributed by atoms with E-state index in [0.717, 1.165) is 19.3 Å². The fraction of sp³-hybridized carbons (Fsp3) is 0.727. The number of hydrogen-bond acceptors (Lipinski definition) is 4. The molecule has 4 heteroatoms. The number of carbonyl (C=O) groups excluding carboxylic acids is 3. The van der Waals surface area contributed by atoms with E-state index in [1.165, 1.54) is 0 Å². The lowest BCUT2D eigenvalue weighted by Crippen LogP contribution is -2.20. The highest BCUT2D eigenvalue weighted by atomic mass is 16.5. The average Bonchev–Trinajstić information content (AvgIpc) is 2.18. The van der Waals surface area contributed by atoms with E-state index in [-0.39, 0.29) is 18.8 Å². The molecule has 0 aromatic heterocycles. The van der Waals surface area contributed by atoms with Crippen LogP contribution in [0.3, 0.4) is 0 Å². The molecule has 0 atom stereocenters. The van der Waals surface area contributed by atoms with Crippen molar-refractivity contribution in [3.05, 3.63) is 0 Å². The van der Waals surface area contributed by atoms with Gasteiger partial charge in [0.25, 0.3) is 0 Å². The topological polar surface area (TPSA) is 60.4 Å². The molecular weight excluding hydrogens is 196 g/mol. The highest BCUT2D eigenvalue weighted by molar-refractivity contribution is 6.37. The van der Waals surface area contributed by atoms with Crippen LogP contribution in [0.25, 0.3) is 0 Å². The molecule has 15 heavy (non-hydrogen) atoms. The van der Waals surface area contributed by atoms with Crippen LogP contribution in [0.15, 0.2) is 0 Å². The summed E-state index contributed by atoms with van der Waals surface area (Å²) in [6.45, 7) is 3.82. The van der Waals surface area contributed by atoms with Crippen molar-refractivity contribution in [3.8, 4) is 0 Å². The minimum Gasteiger partial charge on any atom is -0.460 e. The number of Topliss-reactive ketones (excluding diaryl/α,β-unsaturated/α-hetero) is 2. The standard InChI is InChI=1S/C11H18O4/c1-3-5-6-7-9(12)8-10(13)11(14)15-4-2/h3-8H2,1-2H3. The lowest BCUT2D eigenvalue weighted by molar-refractivity contribution is -0.154. The quantitative estimate of drug-likeness (QED) is 0.267. The summed E-state index contributed by atoms with van der Waals surface area (Å²) in [6.07, 6.45) is 2.84. The minimum atomic E-state index is -0.902. The van der Waals surface area contributed by atoms with Crippen molar-refractivity contribution in [3.63, 3.8) is 0 Å². The molecule has 86 valence electrons. The number of carbonyl (C=O) groups is 3. The van der Waals surface area contributed by atoms with E-state index in [0.29, 0.717) is 6.42 Å². The average molecular weight is 214 g/mol. The van der Waals surface area contributed by atoms with Gasteiger partial charge in [-0.05, 0) is 13.3 Å². The molecule has 0 N–H and O–H groups in total. The Labute approximate surface area is 90.0 Å². The molecule has 0 aromatic carbocycles. The highest BCUT2D eigenvalue weighted by Crippen LogP contribution is 2.02. The third kappa shape index (κ3) is 6.82. The van der Waals surface area contributed by atoms with Gasteiger partial charge in [-0.15, -0.1) is 0 Å². The Morgan fingerprint density at radius 3 is 2.27 bits per heavy atom. The van der Waals surface area contributed by atoms with Crippen LogP contribution in [-0.2, 0) is 19.1 Å². The zero-order chi connectivity index (χ0) is 11.7. The fourth-order valence-electron chi connectivity index (χ4n) is 1.12. The van der Waals surface area contributed by atoms with Crippen molar-refractivity contribution in [1.29, 1.82) is 0 Å². The van der Waals surface area contributed by atoms with E-state index in [2.05, 4.69) is 4.74 Å². The van der Waals surface area contributed by atoms with E-state index in [1.807, 2.05) is 6.92 Å². The van der Waals surface area contributed by atoms with Crippen molar-refractivity contribution < 1.29 is 19.1 Å². The Bertz CT molecular complexity index is 233. The van der Waals surface area contributed by atoms with Crippen molar-refractivity contribution in [1.82, 2.24) is 0 Å². The Morgan fingerprint density at radius 1 is 1.07 bits per heavy atom. The number of rotatable bonds is 8. The SMILES string of the molecule is CCCCCC(=O)CC(=O)C(=O)OCC. The normalized spacial score (nSPS) is 9.73. The van der Waals surface area contributed by atoms with E-state index in [1.54, 1.807) is 6.92 Å². The molecule has 0 rings (SSSR count). The van der Waals surface area contributed by atoms with Crippen LogP contribution in [0.1, 0.15) is 46.0 Å². The van der Waals surface area contributed by atoms with E-state index in [4.69, 9.17) is 0 Å². The molecule has 0 saturated heterocycles. The van der Waals surface area contributed by atoms with Gasteiger partial charge in [0.1, 0.15) is 5.78 Å². The smallest absolute Gasteiger partial charge is 0.375 e. The first-order valence-corrected chi connectivity index (χ1v) is 5.33. The Kier molecular flexibility index (Phi) is 7.50. The summed E-state index contributed by atoms with van der Waals surface area (Å²) < 4.78 is 4.49. The van der Waals surface area contributed by atoms with Gasteiger partial charge >= 0.3 is 5.97 Å². The Balaban J connectivity index is 3.76. The van der Waals surface area contributed by atoms with Crippen molar-refractivity contribution in [2.24, 2.45) is 0 Å². The number of esters is 1. The van der Waals surface area contributed by atoms with E-state index < -0.39 is 11.8 Å². The largest absolute Gasteiger partial charge is 0.460 e. The second-order valence-corrected chi connectivity index (χ2v) is 3.32. The molecule has 0 saturated carbocycles. The van der Waals surface area contributed by atoms with Gasteiger partial charge in [-0.2, -0.15) is 0 Å². The molecule has 0 aliphatic rings. The van der Waals surface area contributed by atoms with Gasteiger partial charge in [-0.3, -0.25) is 9.59 Å². The minimum absolute atomic E-state index is 0.161. The van der Waals surface area contributed by atoms with Crippen LogP contribution in [-0.4, -0.2) is 24.1 Å². The van der Waals surface area contributed by atoms with Gasteiger partial charge in [0, 0.05) is 6.42 Å². The molecule has 0 aromatic rings. The lowest BCUT2D eigenvalue weighted by Gasteiger charge is -2.00. The molecule has 0 unspecified atom stereocenters. The molecule has 0 radical (unpaired) electrons. The first kappa shape index (κ1) is 13.8. The number of ether oxygens (including phenoxy) is 1. The third-order valence-corrected chi connectivity index (χ3v) is 1.92. The van der Waals surface area contributed by atoms with Crippen LogP contribution < -0.4 is 0 Å². The first-order chi connectivity index (χ1) is 7.11. The second-order valence-electron chi connectivity index (χ2n) is 3.32. The van der Waals surface area contributed by atoms with Crippen LogP contribution >= 0.6 is 0 Å². The number of unbranched alkanes of at least 4 members (excludes halogenated alkanes) is 2. The van der Waals surface area contributed by atoms with Crippen molar-refractivity contribution >= 4 is 17.5 Å². The molecule has 0 amide bonds. The van der Waals surface area contributed by atoms with Gasteiger partial charge in [-0.1, -0.05) is 19.8 Å². The van der Waals surface area contributed by atoms with Gasteiger partial charge < -0.3 is 4.74 Å². The zero-order valence-corrected chi connectivity index (χ0v) is 9.38. The summed E-state index contributed by atoms with van der Waals surface area (Å²) in [5, 5.41) is 0. The van der Waals surface area contributed by atoms with Crippen LogP contribution in [0.4, 0.5) is 0 Å². The maximum atomic E-state index is 11.2. The molecule has 0 heterocycles. The summed E-state index contributed by atoms with van der Waals surface area (Å²) in [6, 6.07) is 0. The first-order valence-electron chi connectivity index (χ1n) is 5.33. The molecule has 4 nitrogen and oxygen atoms in total. The van der Waals surface area contributed by atoms with Crippen molar-refractivity contribution in [2.75, 3.05) is 6.61 Å². The lowest BCUT2D eigenvalue weighted by atomic mass is 10.1. The number of ketones is 2. The number of hydrogen-bond donors (Lipinski definition) is 0. The predicted molar refractivity (Wildman–Crippen MR) is 55.4 cm³/mol. The third-order valence-electron chi connectivity index (χ3n) is 1.92. The summed E-state index contributed by atoms with van der Waals surface area (Å²) in [7, 11) is 0. The molecule has 0 aliphatic heterocycles. The highest BCUT2D eigenvalue weighted by Gasteiger charge is 2.18. The van der Waals surface area contributed by atoms with Gasteiger partial charge in [0.15, 0.2) is 0 Å². The molecule has 0 spiro atoms. The zero-order valence-electron chi connectivity index (χ0n) is 9.38. The van der Waals surface area contributed by atoms with Gasteiger partial charge in [0.2, 0.25) is 5.78 Å². The molecule has 0 aliphatic carbocycles. The Hall–Kier alpha value is -1.19. The molecular formula is C11H18O4. The monoisotopic (exact) mass is 214 g/mol. The second kappa shape index (κ2) is 8.15. The van der Waals surface area contributed by atoms with Gasteiger partial charge in [-0.25, -0.2) is 4.79 Å². The molecule has 0 fully saturated rings. The Morgan fingerprint density at radius 2 is 1.73 bits per heavy atom. The van der Waals surface area contributed by atoms with Crippen LogP contribution in [0.2, 0.25) is 0 Å². The fourth-order valence-corrected chi connectivity index (χ4v) is 1.12. The summed E-state index contributed by atoms with van der Waals surface area (Å²) in [4.78, 5) is 33.2. The summed E-state index contributed by atoms with van der Waals surface area (Å²) in [5.74, 6) is -1.82. The predicted octanol–water partition coefficient (Wildman–Crippen LogP) is 1.66. The maximum Gasteiger partial charge on any atom is 0.375 e. The van der Waals surface area contributed by atoms with Crippen molar-refractivity contribution in [2.45, 2.75) is 46.0 Å². The summed E-state index contributed by atoms with van der Waals surface area (Å²) in [5.41, 5.74) is 0. The maximum absolute atomic E-state index is 11.2. The molecule has 0 bridgehead atoms. The van der Waals surface area contributed by atoms with E-state index in [9.17, 15) is 14.4 Å².